The summed E-state index contributed by atoms with van der Waals surface area (Å²) in [5.41, 5.74) is -5.27. The number of carbonyl (C=O) groups is 1. The van der Waals surface area contributed by atoms with Crippen LogP contribution in [0.15, 0.2) is 87.5 Å². The molecule has 0 radical (unpaired) electrons. The van der Waals surface area contributed by atoms with Crippen molar-refractivity contribution in [2.45, 2.75) is 39.1 Å². The molecule has 2 fully saturated rings. The number of hydrogen-bond donors (Lipinski definition) is 3. The molecule has 0 saturated carbocycles. The average Bonchev–Trinajstić information content (AvgIpc) is 3.38. The second-order valence-electron chi connectivity index (χ2n) is 11.9. The fourth-order valence-electron chi connectivity index (χ4n) is 5.61. The quantitative estimate of drug-likeness (QED) is 0.217. The van der Waals surface area contributed by atoms with Gasteiger partial charge in [0.2, 0.25) is 0 Å². The molecule has 0 aromatic heterocycles. The molecule has 272 valence electrons. The summed E-state index contributed by atoms with van der Waals surface area (Å²) in [5.74, 6) is -0.639. The van der Waals surface area contributed by atoms with E-state index in [2.05, 4.69) is 20.4 Å². The molecule has 2 aliphatic rings. The fourth-order valence-corrected chi connectivity index (χ4v) is 8.63. The Morgan fingerprint density at radius 3 is 2.34 bits per heavy atom. The van der Waals surface area contributed by atoms with Crippen molar-refractivity contribution in [2.75, 3.05) is 75.0 Å². The number of sulfone groups is 1. The van der Waals surface area contributed by atoms with Gasteiger partial charge < -0.3 is 25.2 Å². The number of nitrogens with zero attached hydrogens (tertiary/aromatic N) is 2. The first-order valence-electron chi connectivity index (χ1n) is 16.2. The van der Waals surface area contributed by atoms with Crippen molar-refractivity contribution in [3.63, 3.8) is 0 Å². The van der Waals surface area contributed by atoms with Gasteiger partial charge in [-0.3, -0.25) is 4.79 Å². The van der Waals surface area contributed by atoms with Gasteiger partial charge in [-0.1, -0.05) is 18.2 Å². The number of alkyl halides is 3. The van der Waals surface area contributed by atoms with Gasteiger partial charge in [0.1, 0.15) is 4.90 Å². The van der Waals surface area contributed by atoms with Crippen LogP contribution < -0.4 is 20.3 Å². The van der Waals surface area contributed by atoms with Crippen LogP contribution in [0.4, 0.5) is 24.5 Å². The number of thioether (sulfide) groups is 1. The molecule has 0 unspecified atom stereocenters. The van der Waals surface area contributed by atoms with E-state index in [1.165, 1.54) is 23.9 Å². The zero-order chi connectivity index (χ0) is 35.8. The van der Waals surface area contributed by atoms with E-state index in [1.54, 1.807) is 12.1 Å². The third kappa shape index (κ3) is 9.91. The summed E-state index contributed by atoms with van der Waals surface area (Å²) in [6, 6.07) is 17.5. The van der Waals surface area contributed by atoms with E-state index in [-0.39, 0.29) is 5.56 Å². The number of nitrogens with one attached hydrogen (secondary N) is 3. The highest BCUT2D eigenvalue weighted by Gasteiger charge is 2.48. The van der Waals surface area contributed by atoms with Crippen LogP contribution in [0.2, 0.25) is 0 Å². The van der Waals surface area contributed by atoms with Crippen molar-refractivity contribution in [2.24, 2.45) is 0 Å². The Kier molecular flexibility index (Phi) is 12.7. The smallest absolute Gasteiger partial charge is 0.380 e. The van der Waals surface area contributed by atoms with Gasteiger partial charge in [-0.25, -0.2) is 21.6 Å². The number of sulfonamides is 1. The number of anilines is 2. The predicted molar refractivity (Wildman–Crippen MR) is 187 cm³/mol. The van der Waals surface area contributed by atoms with Gasteiger partial charge in [0, 0.05) is 80.4 Å². The van der Waals surface area contributed by atoms with Crippen LogP contribution >= 0.6 is 11.8 Å². The van der Waals surface area contributed by atoms with Crippen LogP contribution in [0.5, 0.6) is 0 Å². The summed E-state index contributed by atoms with van der Waals surface area (Å²) >= 11 is 1.45. The number of rotatable bonds is 13. The highest BCUT2D eigenvalue weighted by molar-refractivity contribution is 7.99. The number of hydrogen-bond acceptors (Lipinski definition) is 11. The van der Waals surface area contributed by atoms with Crippen LogP contribution in [0.25, 0.3) is 0 Å². The maximum atomic E-state index is 14.0. The molecule has 0 bridgehead atoms. The second kappa shape index (κ2) is 16.8. The summed E-state index contributed by atoms with van der Waals surface area (Å²) in [7, 11) is -10.8. The van der Waals surface area contributed by atoms with Gasteiger partial charge >= 0.3 is 5.51 Å². The molecule has 2 heterocycles. The maximum Gasteiger partial charge on any atom is 0.501 e. The van der Waals surface area contributed by atoms with Crippen LogP contribution in [0, 0.1) is 0 Å². The molecule has 0 aliphatic carbocycles. The Balaban J connectivity index is 1.39. The van der Waals surface area contributed by atoms with Crippen LogP contribution in [0.3, 0.4) is 0 Å². The van der Waals surface area contributed by atoms with E-state index in [4.69, 9.17) is 4.74 Å². The Labute approximate surface area is 294 Å². The van der Waals surface area contributed by atoms with Crippen LogP contribution in [-0.2, 0) is 24.6 Å². The lowest BCUT2D eigenvalue weighted by molar-refractivity contribution is -0.0435. The van der Waals surface area contributed by atoms with E-state index in [9.17, 15) is 34.8 Å². The van der Waals surface area contributed by atoms with Crippen molar-refractivity contribution in [3.8, 4) is 0 Å². The highest BCUT2D eigenvalue weighted by atomic mass is 32.2. The van der Waals surface area contributed by atoms with Crippen molar-refractivity contribution in [1.29, 1.82) is 0 Å². The standard InChI is InChI=1S/C33H40F3N5O6S3/c34-33(35,36)49(43,44)31-23-29(50(45,46)39-32(42)25-7-9-27(10-8-25)41-18-14-37-15-19-41)11-12-30(31)38-26(24-48-28-5-2-1-3-6-28)13-17-40-16-4-21-47-22-20-40/h1-3,5-12,23,26,37-38H,4,13-22,24H2,(H,39,42)/t26-/m1/s1. The largest absolute Gasteiger partial charge is 0.501 e. The van der Waals surface area contributed by atoms with E-state index in [0.717, 1.165) is 61.9 Å². The first-order valence-corrected chi connectivity index (χ1v) is 20.1. The summed E-state index contributed by atoms with van der Waals surface area (Å²) in [6.07, 6.45) is 1.29. The number of ether oxygens (including phenoxy) is 1. The molecule has 5 rings (SSSR count). The second-order valence-corrected chi connectivity index (χ2v) is 16.6. The van der Waals surface area contributed by atoms with E-state index in [0.29, 0.717) is 44.5 Å². The average molecular weight is 756 g/mol. The molecule has 1 amide bonds. The lowest BCUT2D eigenvalue weighted by Crippen LogP contribution is -2.43. The van der Waals surface area contributed by atoms with Crippen molar-refractivity contribution in [1.82, 2.24) is 14.9 Å². The number of carbonyl (C=O) groups excluding carboxylic acids is 1. The van der Waals surface area contributed by atoms with Gasteiger partial charge in [0.05, 0.1) is 17.2 Å². The molecule has 11 nitrogen and oxygen atoms in total. The van der Waals surface area contributed by atoms with Crippen LogP contribution in [-0.4, -0.2) is 104 Å². The zero-order valence-corrected chi connectivity index (χ0v) is 29.6. The number of piperazine rings is 1. The summed E-state index contributed by atoms with van der Waals surface area (Å²) in [4.78, 5) is 16.1. The lowest BCUT2D eigenvalue weighted by Gasteiger charge is -2.29. The van der Waals surface area contributed by atoms with Gasteiger partial charge in [-0.05, 0) is 67.4 Å². The van der Waals surface area contributed by atoms with Gasteiger partial charge in [0.25, 0.3) is 25.8 Å². The summed E-state index contributed by atoms with van der Waals surface area (Å²) in [6.45, 7) is 6.34. The summed E-state index contributed by atoms with van der Waals surface area (Å²) in [5, 5.41) is 6.22. The Bertz CT molecular complexity index is 1800. The zero-order valence-electron chi connectivity index (χ0n) is 27.2. The van der Waals surface area contributed by atoms with E-state index in [1.807, 2.05) is 35.1 Å². The normalized spacial score (nSPS) is 17.1. The molecule has 2 saturated heterocycles. The minimum atomic E-state index is -6.02. The molecule has 3 aromatic rings. The molecule has 2 aliphatic heterocycles. The minimum absolute atomic E-state index is 0.00334. The van der Waals surface area contributed by atoms with Crippen molar-refractivity contribution in [3.05, 3.63) is 78.4 Å². The van der Waals surface area contributed by atoms with Gasteiger partial charge in [-0.15, -0.1) is 11.8 Å². The molecule has 17 heteroatoms. The number of amides is 1. The lowest BCUT2D eigenvalue weighted by atomic mass is 10.2. The molecule has 3 N–H and O–H groups in total. The fraction of sp³-hybridized carbons (Fsp3) is 0.424. The molecule has 50 heavy (non-hydrogen) atoms. The number of benzene rings is 3. The third-order valence-electron chi connectivity index (χ3n) is 8.36. The minimum Gasteiger partial charge on any atom is -0.380 e. The molecular formula is C33H40F3N5O6S3. The predicted octanol–water partition coefficient (Wildman–Crippen LogP) is 4.19. The number of halogens is 3. The molecular weight excluding hydrogens is 716 g/mol. The van der Waals surface area contributed by atoms with E-state index < -0.39 is 52.8 Å². The van der Waals surface area contributed by atoms with E-state index >= 15 is 0 Å². The van der Waals surface area contributed by atoms with Crippen LogP contribution in [0.1, 0.15) is 23.2 Å². The first kappa shape index (κ1) is 37.9. The maximum absolute atomic E-state index is 14.0. The topological polar surface area (TPSA) is 137 Å². The summed E-state index contributed by atoms with van der Waals surface area (Å²) < 4.78 is 102. The molecule has 3 aromatic carbocycles. The molecule has 0 spiro atoms. The SMILES string of the molecule is O=C(NS(=O)(=O)c1ccc(N[C@H](CCN2CCCOCC2)CSc2ccccc2)c(S(=O)(=O)C(F)(F)F)c1)c1ccc(N2CCNCC2)cc1. The molecule has 1 atom stereocenters. The van der Waals surface area contributed by atoms with Gasteiger partial charge in [0.15, 0.2) is 0 Å². The highest BCUT2D eigenvalue weighted by Crippen LogP contribution is 2.36. The van der Waals surface area contributed by atoms with Crippen molar-refractivity contribution >= 4 is 48.9 Å². The Morgan fingerprint density at radius 1 is 0.920 bits per heavy atom. The third-order valence-corrected chi connectivity index (χ3v) is 12.4. The monoisotopic (exact) mass is 755 g/mol. The van der Waals surface area contributed by atoms with Crippen molar-refractivity contribution < 1.29 is 39.5 Å². The Hall–Kier alpha value is -3.35. The first-order chi connectivity index (χ1) is 23.8. The Morgan fingerprint density at radius 2 is 1.64 bits per heavy atom. The van der Waals surface area contributed by atoms with Gasteiger partial charge in [-0.2, -0.15) is 13.2 Å².